The molecule has 0 aliphatic heterocycles. The van der Waals surface area contributed by atoms with Crippen molar-refractivity contribution in [3.63, 3.8) is 0 Å². The lowest BCUT2D eigenvalue weighted by Crippen LogP contribution is -2.08. The van der Waals surface area contributed by atoms with Crippen molar-refractivity contribution in [1.29, 1.82) is 0 Å². The molecule has 0 saturated carbocycles. The van der Waals surface area contributed by atoms with Crippen LogP contribution in [0.25, 0.3) is 0 Å². The molecule has 72 valence electrons. The predicted octanol–water partition coefficient (Wildman–Crippen LogP) is 3.10. The summed E-state index contributed by atoms with van der Waals surface area (Å²) >= 11 is 9.27. The summed E-state index contributed by atoms with van der Waals surface area (Å²) in [5.41, 5.74) is 1.12. The van der Waals surface area contributed by atoms with E-state index in [0.29, 0.717) is 11.6 Å². The van der Waals surface area contributed by atoms with Crippen molar-refractivity contribution in [2.75, 3.05) is 6.61 Å². The molecule has 0 radical (unpaired) electrons. The fourth-order valence-corrected chi connectivity index (χ4v) is 1.99. The number of rotatable bonds is 3. The van der Waals surface area contributed by atoms with Crippen molar-refractivity contribution < 1.29 is 4.84 Å². The Labute approximate surface area is 91.1 Å². The molecule has 0 saturated heterocycles. The maximum absolute atomic E-state index is 5.89. The van der Waals surface area contributed by atoms with Gasteiger partial charge in [0.05, 0.1) is 6.61 Å². The van der Waals surface area contributed by atoms with E-state index in [1.165, 1.54) is 0 Å². The van der Waals surface area contributed by atoms with E-state index in [4.69, 9.17) is 17.5 Å². The lowest BCUT2D eigenvalue weighted by molar-refractivity contribution is 0.126. The molecule has 1 aromatic carbocycles. The molecule has 0 heterocycles. The molecule has 0 aliphatic rings. The predicted molar refractivity (Wildman–Crippen MR) is 57.7 cm³/mol. The highest BCUT2D eigenvalue weighted by Crippen LogP contribution is 2.24. The Morgan fingerprint density at radius 2 is 2.23 bits per heavy atom. The Kier molecular flexibility index (Phi) is 4.19. The number of halogens is 2. The van der Waals surface area contributed by atoms with Gasteiger partial charge in [0, 0.05) is 15.4 Å². The van der Waals surface area contributed by atoms with E-state index in [9.17, 15) is 0 Å². The Bertz CT molecular complexity index is 273. The van der Waals surface area contributed by atoms with Gasteiger partial charge >= 0.3 is 0 Å². The van der Waals surface area contributed by atoms with E-state index in [2.05, 4.69) is 20.8 Å². The fourth-order valence-electron chi connectivity index (χ4n) is 1.10. The Morgan fingerprint density at radius 1 is 1.54 bits per heavy atom. The van der Waals surface area contributed by atoms with Gasteiger partial charge in [-0.2, -0.15) is 0 Å². The monoisotopic (exact) mass is 263 g/mol. The topological polar surface area (TPSA) is 35.2 Å². The number of benzene rings is 1. The van der Waals surface area contributed by atoms with E-state index in [1.807, 2.05) is 25.1 Å². The number of hydrogen-bond donors (Lipinski definition) is 1. The molecule has 0 spiro atoms. The fraction of sp³-hybridized carbons (Fsp3) is 0.333. The van der Waals surface area contributed by atoms with Gasteiger partial charge in [0.25, 0.3) is 0 Å². The highest BCUT2D eigenvalue weighted by atomic mass is 79.9. The van der Waals surface area contributed by atoms with Crippen LogP contribution in [-0.4, -0.2) is 6.61 Å². The maximum atomic E-state index is 5.89. The summed E-state index contributed by atoms with van der Waals surface area (Å²) in [5.74, 6) is 5.25. The van der Waals surface area contributed by atoms with Gasteiger partial charge in [0.15, 0.2) is 0 Å². The Hall–Kier alpha value is -0.0900. The van der Waals surface area contributed by atoms with Crippen LogP contribution in [0.3, 0.4) is 0 Å². The SMILES string of the molecule is CC(CON)c1cc(Cl)cc(Br)c1. The van der Waals surface area contributed by atoms with Crippen LogP contribution in [0.15, 0.2) is 22.7 Å². The minimum atomic E-state index is 0.250. The van der Waals surface area contributed by atoms with Crippen LogP contribution in [0.5, 0.6) is 0 Å². The molecular formula is C9H11BrClNO. The van der Waals surface area contributed by atoms with Crippen LogP contribution < -0.4 is 5.90 Å². The van der Waals surface area contributed by atoms with Crippen LogP contribution in [-0.2, 0) is 4.84 Å². The minimum absolute atomic E-state index is 0.250. The first-order valence-corrected chi connectivity index (χ1v) is 5.08. The second kappa shape index (κ2) is 4.96. The van der Waals surface area contributed by atoms with E-state index in [-0.39, 0.29) is 5.92 Å². The summed E-state index contributed by atoms with van der Waals surface area (Å²) in [6, 6.07) is 5.77. The number of nitrogens with two attached hydrogens (primary N) is 1. The van der Waals surface area contributed by atoms with Gasteiger partial charge in [-0.25, -0.2) is 5.90 Å². The van der Waals surface area contributed by atoms with Gasteiger partial charge in [-0.1, -0.05) is 34.5 Å². The van der Waals surface area contributed by atoms with Crippen molar-refractivity contribution in [3.8, 4) is 0 Å². The molecule has 13 heavy (non-hydrogen) atoms. The summed E-state index contributed by atoms with van der Waals surface area (Å²) in [4.78, 5) is 4.58. The van der Waals surface area contributed by atoms with Crippen molar-refractivity contribution >= 4 is 27.5 Å². The molecular weight excluding hydrogens is 253 g/mol. The van der Waals surface area contributed by atoms with Gasteiger partial charge in [-0.15, -0.1) is 0 Å². The van der Waals surface area contributed by atoms with E-state index in [0.717, 1.165) is 10.0 Å². The van der Waals surface area contributed by atoms with Crippen LogP contribution in [0.2, 0.25) is 5.02 Å². The molecule has 1 unspecified atom stereocenters. The van der Waals surface area contributed by atoms with Crippen LogP contribution >= 0.6 is 27.5 Å². The second-order valence-corrected chi connectivity index (χ2v) is 4.29. The van der Waals surface area contributed by atoms with Crippen molar-refractivity contribution in [2.45, 2.75) is 12.8 Å². The van der Waals surface area contributed by atoms with Gasteiger partial charge in [-0.3, -0.25) is 0 Å². The number of hydrogen-bond acceptors (Lipinski definition) is 2. The second-order valence-electron chi connectivity index (χ2n) is 2.94. The lowest BCUT2D eigenvalue weighted by atomic mass is 10.0. The molecule has 1 atom stereocenters. The molecule has 0 aromatic heterocycles. The first-order chi connectivity index (χ1) is 6.13. The lowest BCUT2D eigenvalue weighted by Gasteiger charge is -2.10. The van der Waals surface area contributed by atoms with Crippen molar-refractivity contribution in [3.05, 3.63) is 33.3 Å². The highest BCUT2D eigenvalue weighted by molar-refractivity contribution is 9.10. The van der Waals surface area contributed by atoms with Crippen LogP contribution in [0.4, 0.5) is 0 Å². The third kappa shape index (κ3) is 3.27. The first-order valence-electron chi connectivity index (χ1n) is 3.91. The van der Waals surface area contributed by atoms with Crippen LogP contribution in [0, 0.1) is 0 Å². The molecule has 2 nitrogen and oxygen atoms in total. The molecule has 4 heteroatoms. The van der Waals surface area contributed by atoms with Gasteiger partial charge in [0.1, 0.15) is 0 Å². The summed E-state index contributed by atoms with van der Waals surface area (Å²) < 4.78 is 0.971. The standard InChI is InChI=1S/C9H11BrClNO/c1-6(5-13-12)7-2-8(10)4-9(11)3-7/h2-4,6H,5,12H2,1H3. The molecule has 1 rings (SSSR count). The smallest absolute Gasteiger partial charge is 0.0745 e. The van der Waals surface area contributed by atoms with E-state index >= 15 is 0 Å². The summed E-state index contributed by atoms with van der Waals surface area (Å²) in [5, 5.41) is 0.716. The summed E-state index contributed by atoms with van der Waals surface area (Å²) in [6.45, 7) is 2.53. The van der Waals surface area contributed by atoms with Crippen LogP contribution in [0.1, 0.15) is 18.4 Å². The third-order valence-corrected chi connectivity index (χ3v) is 2.48. The van der Waals surface area contributed by atoms with Gasteiger partial charge in [-0.05, 0) is 23.8 Å². The summed E-state index contributed by atoms with van der Waals surface area (Å²) in [6.07, 6.45) is 0. The van der Waals surface area contributed by atoms with E-state index in [1.54, 1.807) is 0 Å². The molecule has 0 amide bonds. The summed E-state index contributed by atoms with van der Waals surface area (Å²) in [7, 11) is 0. The third-order valence-electron chi connectivity index (χ3n) is 1.80. The zero-order chi connectivity index (χ0) is 9.84. The van der Waals surface area contributed by atoms with Gasteiger partial charge < -0.3 is 4.84 Å². The first kappa shape index (κ1) is 11.0. The normalized spacial score (nSPS) is 12.9. The minimum Gasteiger partial charge on any atom is -0.304 e. The average Bonchev–Trinajstić information content (AvgIpc) is 2.03. The Morgan fingerprint density at radius 3 is 2.77 bits per heavy atom. The Balaban J connectivity index is 2.87. The molecule has 2 N–H and O–H groups in total. The molecule has 1 aromatic rings. The largest absolute Gasteiger partial charge is 0.304 e. The highest BCUT2D eigenvalue weighted by Gasteiger charge is 2.06. The zero-order valence-corrected chi connectivity index (χ0v) is 9.60. The zero-order valence-electron chi connectivity index (χ0n) is 7.26. The van der Waals surface area contributed by atoms with E-state index < -0.39 is 0 Å². The molecule has 0 fully saturated rings. The average molecular weight is 265 g/mol. The van der Waals surface area contributed by atoms with Gasteiger partial charge in [0.2, 0.25) is 0 Å². The quantitative estimate of drug-likeness (QED) is 0.852. The van der Waals surface area contributed by atoms with Crippen molar-refractivity contribution in [1.82, 2.24) is 0 Å². The van der Waals surface area contributed by atoms with Crippen molar-refractivity contribution in [2.24, 2.45) is 5.90 Å². The molecule has 0 aliphatic carbocycles. The maximum Gasteiger partial charge on any atom is 0.0745 e. The molecule has 0 bridgehead atoms.